The SMILES string of the molecule is N#CC1(NCCO)CNC1. The van der Waals surface area contributed by atoms with E-state index in [0.717, 1.165) is 0 Å². The van der Waals surface area contributed by atoms with Crippen molar-refractivity contribution in [3.05, 3.63) is 0 Å². The summed E-state index contributed by atoms with van der Waals surface area (Å²) in [5, 5.41) is 23.0. The molecule has 0 bridgehead atoms. The molecule has 3 N–H and O–H groups in total. The Morgan fingerprint density at radius 1 is 1.70 bits per heavy atom. The molecule has 0 atom stereocenters. The summed E-state index contributed by atoms with van der Waals surface area (Å²) in [6, 6.07) is 2.16. The lowest BCUT2D eigenvalue weighted by Crippen LogP contribution is -2.67. The molecule has 4 nitrogen and oxygen atoms in total. The van der Waals surface area contributed by atoms with E-state index in [2.05, 4.69) is 16.7 Å². The van der Waals surface area contributed by atoms with E-state index in [9.17, 15) is 0 Å². The van der Waals surface area contributed by atoms with E-state index in [0.29, 0.717) is 19.6 Å². The van der Waals surface area contributed by atoms with Gasteiger partial charge in [-0.3, -0.25) is 5.32 Å². The number of aliphatic hydroxyl groups excluding tert-OH is 1. The number of hydrogen-bond acceptors (Lipinski definition) is 4. The molecule has 0 aliphatic carbocycles. The van der Waals surface area contributed by atoms with E-state index in [-0.39, 0.29) is 6.61 Å². The van der Waals surface area contributed by atoms with Crippen molar-refractivity contribution < 1.29 is 5.11 Å². The Hall–Kier alpha value is -0.630. The maximum atomic E-state index is 8.63. The van der Waals surface area contributed by atoms with Crippen molar-refractivity contribution >= 4 is 0 Å². The molecule has 56 valence electrons. The van der Waals surface area contributed by atoms with Crippen molar-refractivity contribution in [2.45, 2.75) is 5.54 Å². The number of nitrogens with zero attached hydrogens (tertiary/aromatic N) is 1. The molecular weight excluding hydrogens is 130 g/mol. The molecule has 1 saturated heterocycles. The summed E-state index contributed by atoms with van der Waals surface area (Å²) < 4.78 is 0. The van der Waals surface area contributed by atoms with E-state index in [4.69, 9.17) is 10.4 Å². The highest BCUT2D eigenvalue weighted by atomic mass is 16.3. The molecule has 0 aromatic heterocycles. The van der Waals surface area contributed by atoms with Crippen molar-refractivity contribution in [3.8, 4) is 6.07 Å². The van der Waals surface area contributed by atoms with Crippen LogP contribution in [0.15, 0.2) is 0 Å². The van der Waals surface area contributed by atoms with E-state index >= 15 is 0 Å². The summed E-state index contributed by atoms with van der Waals surface area (Å²) in [5.74, 6) is 0. The van der Waals surface area contributed by atoms with Crippen LogP contribution in [0.2, 0.25) is 0 Å². The molecule has 0 spiro atoms. The van der Waals surface area contributed by atoms with Gasteiger partial charge in [0.1, 0.15) is 5.54 Å². The second-order valence-electron chi connectivity index (χ2n) is 2.45. The van der Waals surface area contributed by atoms with Gasteiger partial charge in [-0.1, -0.05) is 0 Å². The molecule has 1 rings (SSSR count). The maximum Gasteiger partial charge on any atom is 0.131 e. The molecule has 1 aliphatic heterocycles. The third kappa shape index (κ3) is 1.27. The number of nitrogens with one attached hydrogen (secondary N) is 2. The number of rotatable bonds is 3. The first-order valence-electron chi connectivity index (χ1n) is 3.31. The zero-order chi connectivity index (χ0) is 7.45. The minimum atomic E-state index is -0.400. The summed E-state index contributed by atoms with van der Waals surface area (Å²) in [5.41, 5.74) is -0.400. The Balaban J connectivity index is 2.29. The van der Waals surface area contributed by atoms with Crippen molar-refractivity contribution in [3.63, 3.8) is 0 Å². The lowest BCUT2D eigenvalue weighted by atomic mass is 9.95. The van der Waals surface area contributed by atoms with E-state index in [1.807, 2.05) is 0 Å². The Bertz CT molecular complexity index is 148. The minimum absolute atomic E-state index is 0.0867. The predicted octanol–water partition coefficient (Wildman–Crippen LogP) is -1.57. The summed E-state index contributed by atoms with van der Waals surface area (Å²) in [4.78, 5) is 0. The van der Waals surface area contributed by atoms with Crippen molar-refractivity contribution in [2.75, 3.05) is 26.2 Å². The lowest BCUT2D eigenvalue weighted by molar-refractivity contribution is 0.236. The summed E-state index contributed by atoms with van der Waals surface area (Å²) in [7, 11) is 0. The van der Waals surface area contributed by atoms with Gasteiger partial charge in [-0.15, -0.1) is 0 Å². The molecule has 1 fully saturated rings. The van der Waals surface area contributed by atoms with Gasteiger partial charge in [0, 0.05) is 19.6 Å². The van der Waals surface area contributed by atoms with Crippen LogP contribution < -0.4 is 10.6 Å². The van der Waals surface area contributed by atoms with E-state index in [1.165, 1.54) is 0 Å². The van der Waals surface area contributed by atoms with Gasteiger partial charge in [-0.05, 0) is 0 Å². The molecule has 0 saturated carbocycles. The smallest absolute Gasteiger partial charge is 0.131 e. The first kappa shape index (κ1) is 7.48. The fourth-order valence-electron chi connectivity index (χ4n) is 0.914. The average Bonchev–Trinajstić information content (AvgIpc) is 1.87. The van der Waals surface area contributed by atoms with E-state index in [1.54, 1.807) is 0 Å². The quantitative estimate of drug-likeness (QED) is 0.444. The van der Waals surface area contributed by atoms with Gasteiger partial charge >= 0.3 is 0 Å². The van der Waals surface area contributed by atoms with Crippen LogP contribution in [-0.4, -0.2) is 36.9 Å². The van der Waals surface area contributed by atoms with Crippen molar-refractivity contribution in [1.29, 1.82) is 5.26 Å². The Kier molecular flexibility index (Phi) is 2.22. The zero-order valence-corrected chi connectivity index (χ0v) is 5.72. The number of aliphatic hydroxyl groups is 1. The second-order valence-corrected chi connectivity index (χ2v) is 2.45. The number of hydrogen-bond donors (Lipinski definition) is 3. The molecule has 0 aromatic rings. The second kappa shape index (κ2) is 2.97. The minimum Gasteiger partial charge on any atom is -0.395 e. The number of nitriles is 1. The molecule has 0 aromatic carbocycles. The normalized spacial score (nSPS) is 21.2. The third-order valence-corrected chi connectivity index (χ3v) is 1.64. The van der Waals surface area contributed by atoms with Gasteiger partial charge in [0.15, 0.2) is 0 Å². The van der Waals surface area contributed by atoms with Crippen LogP contribution in [-0.2, 0) is 0 Å². The molecule has 1 heterocycles. The first-order valence-corrected chi connectivity index (χ1v) is 3.31. The molecular formula is C6H11N3O. The van der Waals surface area contributed by atoms with Gasteiger partial charge in [0.25, 0.3) is 0 Å². The van der Waals surface area contributed by atoms with Crippen LogP contribution >= 0.6 is 0 Å². The van der Waals surface area contributed by atoms with Crippen LogP contribution in [0.25, 0.3) is 0 Å². The Morgan fingerprint density at radius 2 is 2.40 bits per heavy atom. The molecule has 0 unspecified atom stereocenters. The Morgan fingerprint density at radius 3 is 2.70 bits per heavy atom. The summed E-state index contributed by atoms with van der Waals surface area (Å²) in [6.07, 6.45) is 0. The van der Waals surface area contributed by atoms with Crippen LogP contribution in [0.1, 0.15) is 0 Å². The van der Waals surface area contributed by atoms with Crippen molar-refractivity contribution in [1.82, 2.24) is 10.6 Å². The van der Waals surface area contributed by atoms with Crippen LogP contribution in [0, 0.1) is 11.3 Å². The average molecular weight is 141 g/mol. The molecule has 1 aliphatic rings. The van der Waals surface area contributed by atoms with Gasteiger partial charge in [-0.2, -0.15) is 5.26 Å². The topological polar surface area (TPSA) is 68.1 Å². The van der Waals surface area contributed by atoms with Gasteiger partial charge in [0.2, 0.25) is 0 Å². The summed E-state index contributed by atoms with van der Waals surface area (Å²) >= 11 is 0. The third-order valence-electron chi connectivity index (χ3n) is 1.64. The molecule has 4 heteroatoms. The van der Waals surface area contributed by atoms with Crippen LogP contribution in [0.5, 0.6) is 0 Å². The molecule has 0 amide bonds. The predicted molar refractivity (Wildman–Crippen MR) is 36.3 cm³/mol. The molecule has 10 heavy (non-hydrogen) atoms. The largest absolute Gasteiger partial charge is 0.395 e. The first-order chi connectivity index (χ1) is 4.83. The fraction of sp³-hybridized carbons (Fsp3) is 0.833. The molecule has 0 radical (unpaired) electrons. The lowest BCUT2D eigenvalue weighted by Gasteiger charge is -2.36. The van der Waals surface area contributed by atoms with Crippen molar-refractivity contribution in [2.24, 2.45) is 0 Å². The zero-order valence-electron chi connectivity index (χ0n) is 5.72. The van der Waals surface area contributed by atoms with E-state index < -0.39 is 5.54 Å². The highest BCUT2D eigenvalue weighted by Gasteiger charge is 2.35. The fourth-order valence-corrected chi connectivity index (χ4v) is 0.914. The van der Waals surface area contributed by atoms with Gasteiger partial charge < -0.3 is 10.4 Å². The van der Waals surface area contributed by atoms with Gasteiger partial charge in [-0.25, -0.2) is 0 Å². The summed E-state index contributed by atoms with van der Waals surface area (Å²) in [6.45, 7) is 1.95. The number of β-amino-alcohol motifs (C(OH)–C–C–N with tert-alkyl or cyclic N) is 1. The highest BCUT2D eigenvalue weighted by Crippen LogP contribution is 2.07. The Labute approximate surface area is 59.8 Å². The van der Waals surface area contributed by atoms with Crippen LogP contribution in [0.3, 0.4) is 0 Å². The van der Waals surface area contributed by atoms with Crippen LogP contribution in [0.4, 0.5) is 0 Å². The monoisotopic (exact) mass is 141 g/mol. The van der Waals surface area contributed by atoms with Gasteiger partial charge in [0.05, 0.1) is 12.7 Å². The highest BCUT2D eigenvalue weighted by molar-refractivity contribution is 5.16. The standard InChI is InChI=1S/C6H11N3O/c7-3-6(4-8-5-6)9-1-2-10/h8-10H,1-2,4-5H2. The maximum absolute atomic E-state index is 8.63.